The molecule has 1 atom stereocenters. The Labute approximate surface area is 173 Å². The minimum absolute atomic E-state index is 0.0870. The van der Waals surface area contributed by atoms with Crippen LogP contribution in [0.15, 0.2) is 6.07 Å². The van der Waals surface area contributed by atoms with Gasteiger partial charge < -0.3 is 14.5 Å². The maximum absolute atomic E-state index is 12.9. The lowest BCUT2D eigenvalue weighted by Crippen LogP contribution is -2.49. The zero-order valence-electron chi connectivity index (χ0n) is 18.1. The molecule has 0 spiro atoms. The number of amides is 2. The van der Waals surface area contributed by atoms with Crippen molar-refractivity contribution < 1.29 is 14.3 Å². The van der Waals surface area contributed by atoms with Gasteiger partial charge in [-0.1, -0.05) is 0 Å². The Morgan fingerprint density at radius 3 is 2.69 bits per heavy atom. The van der Waals surface area contributed by atoms with E-state index in [2.05, 4.69) is 23.0 Å². The summed E-state index contributed by atoms with van der Waals surface area (Å²) in [6, 6.07) is 2.07. The van der Waals surface area contributed by atoms with E-state index in [0.29, 0.717) is 32.5 Å². The van der Waals surface area contributed by atoms with Gasteiger partial charge in [0, 0.05) is 65.0 Å². The molecular weight excluding hydrogens is 370 g/mol. The van der Waals surface area contributed by atoms with Crippen LogP contribution in [0.5, 0.6) is 0 Å². The smallest absolute Gasteiger partial charge is 0.227 e. The average molecular weight is 406 g/mol. The number of nitrogens with zero attached hydrogens (tertiary/aromatic N) is 5. The standard InChI is InChI=1S/C21H35N5O3/c1-17-15-18(2)26(22-17)8-4-7-23(3)21(28)19-5-6-20(27)25(16-19)10-9-24-11-13-29-14-12-24/h15,19H,4-14,16H2,1-3H3. The van der Waals surface area contributed by atoms with Crippen LogP contribution in [0.1, 0.15) is 30.7 Å². The molecule has 3 rings (SSSR count). The molecule has 8 nitrogen and oxygen atoms in total. The molecule has 0 N–H and O–H groups in total. The summed E-state index contributed by atoms with van der Waals surface area (Å²) in [6.45, 7) is 11.0. The highest BCUT2D eigenvalue weighted by Gasteiger charge is 2.31. The van der Waals surface area contributed by atoms with Crippen molar-refractivity contribution in [3.63, 3.8) is 0 Å². The Kier molecular flexibility index (Phi) is 7.66. The summed E-state index contributed by atoms with van der Waals surface area (Å²) in [6.07, 6.45) is 2.00. The molecule has 0 aliphatic carbocycles. The number of ether oxygens (including phenoxy) is 1. The predicted octanol–water partition coefficient (Wildman–Crippen LogP) is 0.919. The van der Waals surface area contributed by atoms with Crippen LogP contribution in [0.4, 0.5) is 0 Å². The first kappa shape index (κ1) is 21.8. The third kappa shape index (κ3) is 6.02. The molecule has 2 amide bonds. The summed E-state index contributed by atoms with van der Waals surface area (Å²) < 4.78 is 7.38. The van der Waals surface area contributed by atoms with Gasteiger partial charge in [-0.2, -0.15) is 5.10 Å². The second-order valence-corrected chi connectivity index (χ2v) is 8.29. The quantitative estimate of drug-likeness (QED) is 0.643. The van der Waals surface area contributed by atoms with Gasteiger partial charge in [0.2, 0.25) is 11.8 Å². The van der Waals surface area contributed by atoms with E-state index in [-0.39, 0.29) is 17.7 Å². The molecule has 2 fully saturated rings. The maximum Gasteiger partial charge on any atom is 0.227 e. The molecule has 1 aromatic heterocycles. The van der Waals surface area contributed by atoms with Crippen molar-refractivity contribution in [3.8, 4) is 0 Å². The van der Waals surface area contributed by atoms with E-state index in [9.17, 15) is 9.59 Å². The van der Waals surface area contributed by atoms with E-state index in [1.54, 1.807) is 0 Å². The summed E-state index contributed by atoms with van der Waals surface area (Å²) in [4.78, 5) is 31.3. The second kappa shape index (κ2) is 10.2. The number of morpholine rings is 1. The Morgan fingerprint density at radius 1 is 1.24 bits per heavy atom. The molecule has 162 valence electrons. The minimum atomic E-state index is -0.0870. The number of aryl methyl sites for hydroxylation is 3. The summed E-state index contributed by atoms with van der Waals surface area (Å²) in [7, 11) is 1.87. The van der Waals surface area contributed by atoms with Gasteiger partial charge in [-0.05, 0) is 32.8 Å². The van der Waals surface area contributed by atoms with Crippen molar-refractivity contribution in [1.29, 1.82) is 0 Å². The highest BCUT2D eigenvalue weighted by molar-refractivity contribution is 5.83. The van der Waals surface area contributed by atoms with Gasteiger partial charge in [0.25, 0.3) is 0 Å². The van der Waals surface area contributed by atoms with Crippen LogP contribution in [0, 0.1) is 19.8 Å². The van der Waals surface area contributed by atoms with Crippen LogP contribution in [0.2, 0.25) is 0 Å². The Balaban J connectivity index is 1.43. The molecule has 3 heterocycles. The summed E-state index contributed by atoms with van der Waals surface area (Å²) >= 11 is 0. The molecule has 1 aromatic rings. The van der Waals surface area contributed by atoms with Gasteiger partial charge in [0.15, 0.2) is 0 Å². The van der Waals surface area contributed by atoms with Crippen molar-refractivity contribution >= 4 is 11.8 Å². The lowest BCUT2D eigenvalue weighted by atomic mass is 9.96. The van der Waals surface area contributed by atoms with E-state index in [4.69, 9.17) is 4.74 Å². The second-order valence-electron chi connectivity index (χ2n) is 8.29. The van der Waals surface area contributed by atoms with Crippen molar-refractivity contribution in [3.05, 3.63) is 17.5 Å². The number of carbonyl (C=O) groups is 2. The summed E-state index contributed by atoms with van der Waals surface area (Å²) in [5.74, 6) is 0.243. The Hall–Kier alpha value is -1.93. The lowest BCUT2D eigenvalue weighted by Gasteiger charge is -2.35. The van der Waals surface area contributed by atoms with Crippen LogP contribution in [-0.4, -0.2) is 95.8 Å². The van der Waals surface area contributed by atoms with E-state index in [0.717, 1.165) is 57.2 Å². The van der Waals surface area contributed by atoms with Gasteiger partial charge in [-0.15, -0.1) is 0 Å². The van der Waals surface area contributed by atoms with Crippen LogP contribution < -0.4 is 0 Å². The molecule has 1 unspecified atom stereocenters. The van der Waals surface area contributed by atoms with E-state index >= 15 is 0 Å². The predicted molar refractivity (Wildman–Crippen MR) is 111 cm³/mol. The monoisotopic (exact) mass is 405 g/mol. The summed E-state index contributed by atoms with van der Waals surface area (Å²) in [5, 5.41) is 4.48. The molecule has 0 saturated carbocycles. The fourth-order valence-electron chi connectivity index (χ4n) is 4.20. The minimum Gasteiger partial charge on any atom is -0.379 e. The van der Waals surface area contributed by atoms with Crippen LogP contribution in [0.25, 0.3) is 0 Å². The largest absolute Gasteiger partial charge is 0.379 e. The molecule has 2 aliphatic heterocycles. The first-order valence-electron chi connectivity index (χ1n) is 10.8. The van der Waals surface area contributed by atoms with Crippen molar-refractivity contribution in [1.82, 2.24) is 24.5 Å². The number of likely N-dealkylation sites (tertiary alicyclic amines) is 1. The van der Waals surface area contributed by atoms with Gasteiger partial charge >= 0.3 is 0 Å². The maximum atomic E-state index is 12.9. The van der Waals surface area contributed by atoms with Gasteiger partial charge in [0.1, 0.15) is 0 Å². The Bertz CT molecular complexity index is 698. The fraction of sp³-hybridized carbons (Fsp3) is 0.762. The third-order valence-electron chi connectivity index (χ3n) is 5.98. The normalized spacial score (nSPS) is 20.9. The van der Waals surface area contributed by atoms with Gasteiger partial charge in [-0.3, -0.25) is 19.2 Å². The highest BCUT2D eigenvalue weighted by atomic mass is 16.5. The van der Waals surface area contributed by atoms with Crippen LogP contribution >= 0.6 is 0 Å². The molecule has 0 radical (unpaired) electrons. The third-order valence-corrected chi connectivity index (χ3v) is 5.98. The van der Waals surface area contributed by atoms with Gasteiger partial charge in [-0.25, -0.2) is 0 Å². The number of hydrogen-bond acceptors (Lipinski definition) is 5. The van der Waals surface area contributed by atoms with Crippen LogP contribution in [-0.2, 0) is 20.9 Å². The van der Waals surface area contributed by atoms with E-state index < -0.39 is 0 Å². The molecule has 2 saturated heterocycles. The number of piperidine rings is 1. The SMILES string of the molecule is Cc1cc(C)n(CCCN(C)C(=O)C2CCC(=O)N(CCN3CCOCC3)C2)n1. The van der Waals surface area contributed by atoms with Crippen molar-refractivity contribution in [2.45, 2.75) is 39.7 Å². The zero-order valence-corrected chi connectivity index (χ0v) is 18.1. The molecule has 0 aromatic carbocycles. The topological polar surface area (TPSA) is 70.9 Å². The molecule has 29 heavy (non-hydrogen) atoms. The fourth-order valence-corrected chi connectivity index (χ4v) is 4.20. The average Bonchev–Trinajstić information content (AvgIpc) is 3.04. The number of hydrogen-bond donors (Lipinski definition) is 0. The summed E-state index contributed by atoms with van der Waals surface area (Å²) in [5.41, 5.74) is 2.18. The van der Waals surface area contributed by atoms with Crippen molar-refractivity contribution in [2.24, 2.45) is 5.92 Å². The number of carbonyl (C=O) groups excluding carboxylic acids is 2. The Morgan fingerprint density at radius 2 is 2.00 bits per heavy atom. The molecular formula is C21H35N5O3. The van der Waals surface area contributed by atoms with Crippen LogP contribution in [0.3, 0.4) is 0 Å². The lowest BCUT2D eigenvalue weighted by molar-refractivity contribution is -0.142. The first-order valence-corrected chi connectivity index (χ1v) is 10.8. The molecule has 8 heteroatoms. The molecule has 0 bridgehead atoms. The number of rotatable bonds is 8. The van der Waals surface area contributed by atoms with Gasteiger partial charge in [0.05, 0.1) is 24.8 Å². The molecule has 2 aliphatic rings. The van der Waals surface area contributed by atoms with E-state index in [1.165, 1.54) is 0 Å². The van der Waals surface area contributed by atoms with Crippen molar-refractivity contribution in [2.75, 3.05) is 59.5 Å². The highest BCUT2D eigenvalue weighted by Crippen LogP contribution is 2.20. The first-order chi connectivity index (χ1) is 13.9. The van der Waals surface area contributed by atoms with E-state index in [1.807, 2.05) is 28.5 Å². The zero-order chi connectivity index (χ0) is 20.8. The number of aromatic nitrogens is 2.